The predicted molar refractivity (Wildman–Crippen MR) is 128 cm³/mol. The smallest absolute Gasteiger partial charge is 0.235 e. The van der Waals surface area contributed by atoms with Gasteiger partial charge in [0, 0.05) is 12.6 Å². The molecule has 1 saturated heterocycles. The number of ether oxygens (including phenoxy) is 2. The number of fused-ring (bicyclic) bond motifs is 2. The number of methoxy groups -OCH3 is 1. The van der Waals surface area contributed by atoms with Gasteiger partial charge in [0.2, 0.25) is 5.91 Å². The number of benzene rings is 1. The Kier molecular flexibility index (Phi) is 6.54. The number of thiazole rings is 1. The number of para-hydroxylation sites is 1. The van der Waals surface area contributed by atoms with Crippen LogP contribution in [0.15, 0.2) is 40.4 Å². The first-order valence-corrected chi connectivity index (χ1v) is 12.5. The van der Waals surface area contributed by atoms with Gasteiger partial charge in [-0.25, -0.2) is 9.97 Å². The maximum absolute atomic E-state index is 11.7. The molecule has 9 nitrogen and oxygen atoms in total. The summed E-state index contributed by atoms with van der Waals surface area (Å²) in [5, 5.41) is 10.3. The molecule has 172 valence electrons. The third-order valence-electron chi connectivity index (χ3n) is 5.75. The second-order valence-corrected chi connectivity index (χ2v) is 10.0. The van der Waals surface area contributed by atoms with Crippen LogP contribution in [0.3, 0.4) is 0 Å². The zero-order valence-electron chi connectivity index (χ0n) is 17.9. The number of anilines is 1. The Morgan fingerprint density at radius 3 is 3.00 bits per heavy atom. The summed E-state index contributed by atoms with van der Waals surface area (Å²) in [7, 11) is 1.61. The minimum Gasteiger partial charge on any atom is -0.494 e. The van der Waals surface area contributed by atoms with E-state index in [0.717, 1.165) is 27.2 Å². The van der Waals surface area contributed by atoms with Crippen molar-refractivity contribution in [2.75, 3.05) is 24.8 Å². The number of nitrogens with zero attached hydrogens (tertiary/aromatic N) is 3. The van der Waals surface area contributed by atoms with Gasteiger partial charge in [-0.2, -0.15) is 0 Å². The van der Waals surface area contributed by atoms with Crippen LogP contribution in [-0.4, -0.2) is 47.5 Å². The molecular formula is C22H23N5O4S2. The summed E-state index contributed by atoms with van der Waals surface area (Å²) in [4.78, 5) is 33.5. The van der Waals surface area contributed by atoms with Crippen molar-refractivity contribution >= 4 is 45.0 Å². The first-order valence-electron chi connectivity index (χ1n) is 10.7. The van der Waals surface area contributed by atoms with Crippen LogP contribution in [0.2, 0.25) is 0 Å². The number of thioether (sulfide) groups is 1. The van der Waals surface area contributed by atoms with Gasteiger partial charge in [-0.1, -0.05) is 11.2 Å². The van der Waals surface area contributed by atoms with Gasteiger partial charge in [0.25, 0.3) is 0 Å². The lowest BCUT2D eigenvalue weighted by Gasteiger charge is -2.31. The van der Waals surface area contributed by atoms with Gasteiger partial charge in [0.05, 0.1) is 40.9 Å². The zero-order chi connectivity index (χ0) is 22.8. The molecule has 2 N–H and O–H groups in total. The van der Waals surface area contributed by atoms with Gasteiger partial charge < -0.3 is 20.1 Å². The molecule has 3 atom stereocenters. The maximum Gasteiger partial charge on any atom is 0.235 e. The molecule has 33 heavy (non-hydrogen) atoms. The van der Waals surface area contributed by atoms with Crippen molar-refractivity contribution in [2.45, 2.75) is 42.5 Å². The molecule has 2 aromatic heterocycles. The molecule has 2 aliphatic rings. The fraction of sp³-hybridized carbons (Fsp3) is 0.409. The van der Waals surface area contributed by atoms with E-state index in [-0.39, 0.29) is 18.1 Å². The average Bonchev–Trinajstić information content (AvgIpc) is 3.27. The molecule has 11 heteroatoms. The first-order chi connectivity index (χ1) is 16.1. The van der Waals surface area contributed by atoms with Crippen LogP contribution in [0.25, 0.3) is 10.2 Å². The number of hydrogen-bond acceptors (Lipinski definition) is 10. The van der Waals surface area contributed by atoms with Crippen molar-refractivity contribution in [3.05, 3.63) is 45.9 Å². The maximum atomic E-state index is 11.7. The van der Waals surface area contributed by atoms with Gasteiger partial charge in [-0.3, -0.25) is 4.79 Å². The lowest BCUT2D eigenvalue weighted by atomic mass is 10.00. The number of hydrogen-bond donors (Lipinski definition) is 2. The van der Waals surface area contributed by atoms with E-state index < -0.39 is 6.04 Å². The van der Waals surface area contributed by atoms with Crippen molar-refractivity contribution in [3.8, 4) is 5.75 Å². The summed E-state index contributed by atoms with van der Waals surface area (Å²) < 4.78 is 12.4. The van der Waals surface area contributed by atoms with E-state index in [1.807, 2.05) is 30.3 Å². The Hall–Kier alpha value is -2.60. The molecule has 4 heterocycles. The predicted octanol–water partition coefficient (Wildman–Crippen LogP) is 3.89. The summed E-state index contributed by atoms with van der Waals surface area (Å²) >= 11 is 2.95. The molecular weight excluding hydrogens is 462 g/mol. The van der Waals surface area contributed by atoms with Gasteiger partial charge >= 0.3 is 0 Å². The Morgan fingerprint density at radius 2 is 2.21 bits per heavy atom. The molecule has 1 fully saturated rings. The number of nitrogens with one attached hydrogen (secondary N) is 2. The Morgan fingerprint density at radius 1 is 1.30 bits per heavy atom. The van der Waals surface area contributed by atoms with Crippen molar-refractivity contribution < 1.29 is 14.3 Å². The minimum absolute atomic E-state index is 0.0262. The average molecular weight is 486 g/mol. The summed E-state index contributed by atoms with van der Waals surface area (Å²) in [6.45, 7) is 1.04. The molecule has 1 amide bonds. The third-order valence-corrected chi connectivity index (χ3v) is 7.89. The molecule has 1 aromatic carbocycles. The van der Waals surface area contributed by atoms with Crippen molar-refractivity contribution in [3.63, 3.8) is 0 Å². The summed E-state index contributed by atoms with van der Waals surface area (Å²) in [6, 6.07) is 9.18. The Balaban J connectivity index is 1.19. The highest BCUT2D eigenvalue weighted by Crippen LogP contribution is 2.37. The van der Waals surface area contributed by atoms with Gasteiger partial charge in [0.15, 0.2) is 6.04 Å². The molecule has 0 spiro atoms. The highest BCUT2D eigenvalue weighted by atomic mass is 32.2. The fourth-order valence-corrected chi connectivity index (χ4v) is 5.86. The van der Waals surface area contributed by atoms with Crippen molar-refractivity contribution in [2.24, 2.45) is 5.18 Å². The van der Waals surface area contributed by atoms with Crippen LogP contribution in [0.5, 0.6) is 5.75 Å². The lowest BCUT2D eigenvalue weighted by molar-refractivity contribution is -0.113. The molecule has 0 bridgehead atoms. The molecule has 1 unspecified atom stereocenters. The van der Waals surface area contributed by atoms with Crippen molar-refractivity contribution in [1.29, 1.82) is 0 Å². The van der Waals surface area contributed by atoms with E-state index in [1.54, 1.807) is 7.11 Å². The minimum atomic E-state index is -0.642. The van der Waals surface area contributed by atoms with E-state index >= 15 is 0 Å². The number of carbonyl (C=O) groups is 1. The molecule has 0 saturated carbocycles. The lowest BCUT2D eigenvalue weighted by Crippen LogP contribution is -2.41. The highest BCUT2D eigenvalue weighted by molar-refractivity contribution is 8.00. The topological polar surface area (TPSA) is 115 Å². The Labute approximate surface area is 198 Å². The number of rotatable bonds is 7. The molecule has 0 radical (unpaired) electrons. The van der Waals surface area contributed by atoms with Crippen LogP contribution in [0, 0.1) is 4.91 Å². The van der Waals surface area contributed by atoms with Gasteiger partial charge in [-0.05, 0) is 37.1 Å². The monoisotopic (exact) mass is 485 g/mol. The number of aromatic nitrogens is 2. The van der Waals surface area contributed by atoms with Crippen LogP contribution in [0.4, 0.5) is 5.82 Å². The van der Waals surface area contributed by atoms with Crippen molar-refractivity contribution in [1.82, 2.24) is 15.3 Å². The van der Waals surface area contributed by atoms with Gasteiger partial charge in [0.1, 0.15) is 22.1 Å². The zero-order valence-corrected chi connectivity index (χ0v) is 19.6. The largest absolute Gasteiger partial charge is 0.494 e. The van der Waals surface area contributed by atoms with Crippen LogP contribution in [0.1, 0.15) is 29.6 Å². The second-order valence-electron chi connectivity index (χ2n) is 7.92. The third kappa shape index (κ3) is 4.72. The standard InChI is InChI=1S/C22H23N5O4S2/c1-30-14-3-2-4-16-19(14)26-22(33-16)20(27-29)15-7-5-13(10-31-15)23-9-12-6-8-17-21(24-12)25-18(28)11-32-17/h2-4,6,8,13,15,20,23H,5,7,9-11H2,1H3,(H,24,25,28)/t13-,15+,20?/m1/s1. The summed E-state index contributed by atoms with van der Waals surface area (Å²) in [6.07, 6.45) is 1.25. The highest BCUT2D eigenvalue weighted by Gasteiger charge is 2.33. The quantitative estimate of drug-likeness (QED) is 0.485. The summed E-state index contributed by atoms with van der Waals surface area (Å²) in [5.41, 5.74) is 1.60. The fourth-order valence-electron chi connectivity index (χ4n) is 4.04. The molecule has 3 aromatic rings. The number of carbonyl (C=O) groups excluding carboxylic acids is 1. The van der Waals surface area contributed by atoms with Crippen LogP contribution >= 0.6 is 23.1 Å². The van der Waals surface area contributed by atoms with E-state index in [0.29, 0.717) is 41.9 Å². The van der Waals surface area contributed by atoms with Crippen LogP contribution < -0.4 is 15.4 Å². The summed E-state index contributed by atoms with van der Waals surface area (Å²) in [5.74, 6) is 1.71. The Bertz CT molecular complexity index is 1180. The van der Waals surface area contributed by atoms with Crippen LogP contribution in [-0.2, 0) is 16.1 Å². The molecule has 0 aliphatic carbocycles. The normalized spacial score (nSPS) is 21.3. The van der Waals surface area contributed by atoms with E-state index in [4.69, 9.17) is 9.47 Å². The SMILES string of the molecule is COc1cccc2sc(C(N=O)[C@@H]3CC[C@@H](NCc4ccc5c(n4)NC(=O)CS5)CO3)nc12. The second kappa shape index (κ2) is 9.72. The van der Waals surface area contributed by atoms with E-state index in [1.165, 1.54) is 23.1 Å². The molecule has 2 aliphatic heterocycles. The van der Waals surface area contributed by atoms with E-state index in [2.05, 4.69) is 25.8 Å². The number of pyridine rings is 1. The number of nitroso groups, excluding NO2 is 1. The molecule has 5 rings (SSSR count). The first kappa shape index (κ1) is 22.2. The van der Waals surface area contributed by atoms with Gasteiger partial charge in [-0.15, -0.1) is 28.0 Å². The van der Waals surface area contributed by atoms with E-state index in [9.17, 15) is 9.70 Å². The number of amides is 1.